The Bertz CT molecular complexity index is 996. The fourth-order valence-electron chi connectivity index (χ4n) is 3.49. The molecular formula is C22H24N4O2. The average Bonchev–Trinajstić information content (AvgIpc) is 3.37. The zero-order chi connectivity index (χ0) is 19.2. The molecule has 4 rings (SSSR count). The maximum atomic E-state index is 5.68. The third kappa shape index (κ3) is 4.13. The van der Waals surface area contributed by atoms with E-state index in [0.29, 0.717) is 0 Å². The SMILES string of the molecule is COCCCN(Cc1ccncc1)Cc1c(-c2ccco2)[nH]c2ncccc12. The summed E-state index contributed by atoms with van der Waals surface area (Å²) in [6, 6.07) is 12.1. The van der Waals surface area contributed by atoms with Gasteiger partial charge in [0, 0.05) is 62.9 Å². The van der Waals surface area contributed by atoms with E-state index in [4.69, 9.17) is 9.15 Å². The van der Waals surface area contributed by atoms with Crippen LogP contribution in [0.5, 0.6) is 0 Å². The number of methoxy groups -OCH3 is 1. The van der Waals surface area contributed by atoms with Gasteiger partial charge in [-0.3, -0.25) is 9.88 Å². The Morgan fingerprint density at radius 2 is 1.96 bits per heavy atom. The first-order valence-corrected chi connectivity index (χ1v) is 9.45. The normalized spacial score (nSPS) is 11.5. The lowest BCUT2D eigenvalue weighted by molar-refractivity contribution is 0.167. The van der Waals surface area contributed by atoms with Gasteiger partial charge >= 0.3 is 0 Å². The second-order valence-corrected chi connectivity index (χ2v) is 6.77. The minimum Gasteiger partial charge on any atom is -0.463 e. The summed E-state index contributed by atoms with van der Waals surface area (Å²) < 4.78 is 10.9. The third-order valence-electron chi connectivity index (χ3n) is 4.81. The smallest absolute Gasteiger partial charge is 0.150 e. The largest absolute Gasteiger partial charge is 0.463 e. The molecule has 0 aromatic carbocycles. The molecule has 0 atom stereocenters. The van der Waals surface area contributed by atoms with Crippen LogP contribution >= 0.6 is 0 Å². The lowest BCUT2D eigenvalue weighted by Crippen LogP contribution is -2.25. The first kappa shape index (κ1) is 18.4. The van der Waals surface area contributed by atoms with Gasteiger partial charge in [0.1, 0.15) is 11.4 Å². The minimum atomic E-state index is 0.743. The van der Waals surface area contributed by atoms with Crippen molar-refractivity contribution < 1.29 is 9.15 Å². The quantitative estimate of drug-likeness (QED) is 0.442. The van der Waals surface area contributed by atoms with Crippen LogP contribution in [0.4, 0.5) is 0 Å². The molecule has 6 nitrogen and oxygen atoms in total. The van der Waals surface area contributed by atoms with Gasteiger partial charge in [0.2, 0.25) is 0 Å². The average molecular weight is 376 g/mol. The number of aromatic nitrogens is 3. The zero-order valence-electron chi connectivity index (χ0n) is 16.0. The van der Waals surface area contributed by atoms with E-state index in [-0.39, 0.29) is 0 Å². The maximum Gasteiger partial charge on any atom is 0.150 e. The van der Waals surface area contributed by atoms with Crippen molar-refractivity contribution in [3.8, 4) is 11.5 Å². The topological polar surface area (TPSA) is 67.2 Å². The lowest BCUT2D eigenvalue weighted by atomic mass is 10.1. The number of furan rings is 1. The molecule has 0 aliphatic heterocycles. The van der Waals surface area contributed by atoms with Gasteiger partial charge in [-0.25, -0.2) is 4.98 Å². The standard InChI is InChI=1S/C22H24N4O2/c1-27-13-4-12-26(15-17-7-10-23-11-8-17)16-19-18-5-2-9-24-22(18)25-21(19)20-6-3-14-28-20/h2-3,5-11,14H,4,12-13,15-16H2,1H3,(H,24,25). The van der Waals surface area contributed by atoms with E-state index < -0.39 is 0 Å². The number of ether oxygens (including phenoxy) is 1. The summed E-state index contributed by atoms with van der Waals surface area (Å²) in [5.41, 5.74) is 4.31. The molecule has 0 saturated carbocycles. The second-order valence-electron chi connectivity index (χ2n) is 6.77. The lowest BCUT2D eigenvalue weighted by Gasteiger charge is -2.22. The summed E-state index contributed by atoms with van der Waals surface area (Å²) in [4.78, 5) is 14.5. The van der Waals surface area contributed by atoms with Crippen LogP contribution in [0.25, 0.3) is 22.5 Å². The number of nitrogens with one attached hydrogen (secondary N) is 1. The van der Waals surface area contributed by atoms with Crippen LogP contribution in [0.2, 0.25) is 0 Å². The van der Waals surface area contributed by atoms with Gasteiger partial charge in [-0.2, -0.15) is 0 Å². The molecule has 0 amide bonds. The fourth-order valence-corrected chi connectivity index (χ4v) is 3.49. The van der Waals surface area contributed by atoms with E-state index in [9.17, 15) is 0 Å². The van der Waals surface area contributed by atoms with Crippen LogP contribution in [-0.2, 0) is 17.8 Å². The summed E-state index contributed by atoms with van der Waals surface area (Å²) in [7, 11) is 1.74. The van der Waals surface area contributed by atoms with E-state index in [2.05, 4.69) is 38.1 Å². The van der Waals surface area contributed by atoms with Crippen LogP contribution in [0.15, 0.2) is 65.7 Å². The summed E-state index contributed by atoms with van der Waals surface area (Å²) >= 11 is 0. The van der Waals surface area contributed by atoms with Gasteiger partial charge in [-0.05, 0) is 48.4 Å². The van der Waals surface area contributed by atoms with Gasteiger partial charge < -0.3 is 14.1 Å². The Balaban J connectivity index is 1.67. The molecule has 0 radical (unpaired) electrons. The molecule has 0 spiro atoms. The van der Waals surface area contributed by atoms with Crippen LogP contribution in [0.1, 0.15) is 17.5 Å². The molecule has 4 aromatic rings. The molecule has 1 N–H and O–H groups in total. The number of rotatable bonds is 9. The summed E-state index contributed by atoms with van der Waals surface area (Å²) in [5.74, 6) is 0.828. The van der Waals surface area contributed by atoms with Gasteiger partial charge in [0.25, 0.3) is 0 Å². The van der Waals surface area contributed by atoms with E-state index in [1.165, 1.54) is 11.1 Å². The van der Waals surface area contributed by atoms with E-state index in [0.717, 1.165) is 55.1 Å². The van der Waals surface area contributed by atoms with Crippen molar-refractivity contribution in [1.82, 2.24) is 19.9 Å². The molecule has 6 heteroatoms. The molecule has 0 saturated heterocycles. The highest BCUT2D eigenvalue weighted by Gasteiger charge is 2.18. The van der Waals surface area contributed by atoms with Crippen molar-refractivity contribution in [3.05, 3.63) is 72.4 Å². The van der Waals surface area contributed by atoms with Crippen LogP contribution in [0, 0.1) is 0 Å². The molecule has 144 valence electrons. The summed E-state index contributed by atoms with van der Waals surface area (Å²) in [6.07, 6.45) is 8.16. The predicted octanol–water partition coefficient (Wildman–Crippen LogP) is 4.26. The minimum absolute atomic E-state index is 0.743. The summed E-state index contributed by atoms with van der Waals surface area (Å²) in [6.45, 7) is 3.30. The van der Waals surface area contributed by atoms with Crippen molar-refractivity contribution >= 4 is 11.0 Å². The Kier molecular flexibility index (Phi) is 5.80. The molecule has 0 fully saturated rings. The number of nitrogens with zero attached hydrogens (tertiary/aromatic N) is 3. The van der Waals surface area contributed by atoms with Gasteiger partial charge in [-0.1, -0.05) is 0 Å². The van der Waals surface area contributed by atoms with E-state index in [1.807, 2.05) is 36.8 Å². The maximum absolute atomic E-state index is 5.68. The number of hydrogen-bond donors (Lipinski definition) is 1. The van der Waals surface area contributed by atoms with Crippen LogP contribution < -0.4 is 0 Å². The molecule has 0 unspecified atom stereocenters. The zero-order valence-corrected chi connectivity index (χ0v) is 16.0. The number of aromatic amines is 1. The van der Waals surface area contributed by atoms with Crippen LogP contribution in [0.3, 0.4) is 0 Å². The number of hydrogen-bond acceptors (Lipinski definition) is 5. The first-order valence-electron chi connectivity index (χ1n) is 9.45. The number of H-pyrrole nitrogens is 1. The number of fused-ring (bicyclic) bond motifs is 1. The van der Waals surface area contributed by atoms with Gasteiger partial charge in [-0.15, -0.1) is 0 Å². The highest BCUT2D eigenvalue weighted by molar-refractivity contribution is 5.87. The van der Waals surface area contributed by atoms with Crippen molar-refractivity contribution in [2.75, 3.05) is 20.3 Å². The number of pyridine rings is 2. The molecule has 0 bridgehead atoms. The third-order valence-corrected chi connectivity index (χ3v) is 4.81. The molecule has 28 heavy (non-hydrogen) atoms. The van der Waals surface area contributed by atoms with Crippen molar-refractivity contribution in [3.63, 3.8) is 0 Å². The first-order chi connectivity index (χ1) is 13.8. The van der Waals surface area contributed by atoms with E-state index in [1.54, 1.807) is 13.4 Å². The molecule has 0 aliphatic carbocycles. The van der Waals surface area contributed by atoms with Gasteiger partial charge in [0.15, 0.2) is 0 Å². The predicted molar refractivity (Wildman–Crippen MR) is 109 cm³/mol. The Labute approximate surface area is 164 Å². The Morgan fingerprint density at radius 3 is 2.75 bits per heavy atom. The Hall–Kier alpha value is -2.96. The molecule has 0 aliphatic rings. The molecule has 4 aromatic heterocycles. The molecule has 4 heterocycles. The Morgan fingerprint density at radius 1 is 1.07 bits per heavy atom. The second kappa shape index (κ2) is 8.82. The van der Waals surface area contributed by atoms with Crippen molar-refractivity contribution in [2.45, 2.75) is 19.5 Å². The summed E-state index contributed by atoms with van der Waals surface area (Å²) in [5, 5.41) is 1.13. The fraction of sp³-hybridized carbons (Fsp3) is 0.273. The monoisotopic (exact) mass is 376 g/mol. The highest BCUT2D eigenvalue weighted by Crippen LogP contribution is 2.31. The highest BCUT2D eigenvalue weighted by atomic mass is 16.5. The van der Waals surface area contributed by atoms with Crippen molar-refractivity contribution in [1.29, 1.82) is 0 Å². The van der Waals surface area contributed by atoms with E-state index >= 15 is 0 Å². The van der Waals surface area contributed by atoms with Crippen molar-refractivity contribution in [2.24, 2.45) is 0 Å². The molecular weight excluding hydrogens is 352 g/mol. The van der Waals surface area contributed by atoms with Crippen LogP contribution in [-0.4, -0.2) is 40.1 Å². The van der Waals surface area contributed by atoms with Gasteiger partial charge in [0.05, 0.1) is 12.0 Å².